The van der Waals surface area contributed by atoms with E-state index in [1.54, 1.807) is 42.3 Å². The number of methoxy groups -OCH3 is 2. The molecular formula is C26H30N2O6. The van der Waals surface area contributed by atoms with Crippen molar-refractivity contribution in [2.24, 2.45) is 0 Å². The first-order valence-corrected chi connectivity index (χ1v) is 11.3. The number of ether oxygens (including phenoxy) is 3. The van der Waals surface area contributed by atoms with E-state index >= 15 is 0 Å². The summed E-state index contributed by atoms with van der Waals surface area (Å²) in [6.07, 6.45) is 0. The number of hydrogen-bond acceptors (Lipinski definition) is 7. The standard InChI is InChI=1S/C26H30N2O6/c1-17-4-6-18(7-5-17)24(29)22-23(19-8-9-20(32-2)21(16-19)33-3)28(26(31)25(22)30)11-10-27-12-14-34-15-13-27/h4-9,16,23,29H,10-15H2,1-3H3/b24-22+. The number of carbonyl (C=O) groups is 2. The number of hydrogen-bond donors (Lipinski definition) is 1. The minimum absolute atomic E-state index is 0.0723. The van der Waals surface area contributed by atoms with E-state index < -0.39 is 17.7 Å². The Balaban J connectivity index is 1.77. The first-order chi connectivity index (χ1) is 16.4. The average Bonchev–Trinajstić information content (AvgIpc) is 3.12. The molecule has 0 aliphatic carbocycles. The number of morpholine rings is 1. The van der Waals surface area contributed by atoms with Gasteiger partial charge in [-0.2, -0.15) is 0 Å². The number of benzene rings is 2. The molecule has 8 heteroatoms. The average molecular weight is 467 g/mol. The number of amides is 1. The van der Waals surface area contributed by atoms with E-state index in [1.165, 1.54) is 7.11 Å². The lowest BCUT2D eigenvalue weighted by Crippen LogP contribution is -2.42. The summed E-state index contributed by atoms with van der Waals surface area (Å²) in [5.41, 5.74) is 2.25. The fourth-order valence-electron chi connectivity index (χ4n) is 4.42. The van der Waals surface area contributed by atoms with E-state index in [0.717, 1.165) is 18.7 Å². The molecule has 8 nitrogen and oxygen atoms in total. The van der Waals surface area contributed by atoms with E-state index in [4.69, 9.17) is 14.2 Å². The Hall–Kier alpha value is -3.36. The van der Waals surface area contributed by atoms with Crippen molar-refractivity contribution in [2.45, 2.75) is 13.0 Å². The highest BCUT2D eigenvalue weighted by Crippen LogP contribution is 2.41. The fourth-order valence-corrected chi connectivity index (χ4v) is 4.42. The number of rotatable bonds is 7. The van der Waals surface area contributed by atoms with Crippen LogP contribution in [0, 0.1) is 6.92 Å². The van der Waals surface area contributed by atoms with Gasteiger partial charge in [-0.05, 0) is 24.6 Å². The Bertz CT molecular complexity index is 1090. The largest absolute Gasteiger partial charge is 0.507 e. The third kappa shape index (κ3) is 4.64. The number of ketones is 1. The Morgan fingerprint density at radius 2 is 1.68 bits per heavy atom. The molecule has 1 unspecified atom stereocenters. The summed E-state index contributed by atoms with van der Waals surface area (Å²) in [5, 5.41) is 11.2. The Labute approximate surface area is 199 Å². The first-order valence-electron chi connectivity index (χ1n) is 11.3. The summed E-state index contributed by atoms with van der Waals surface area (Å²) in [4.78, 5) is 30.1. The zero-order chi connectivity index (χ0) is 24.2. The van der Waals surface area contributed by atoms with Crippen molar-refractivity contribution in [1.29, 1.82) is 0 Å². The Kier molecular flexibility index (Phi) is 7.19. The van der Waals surface area contributed by atoms with E-state index in [2.05, 4.69) is 4.90 Å². The molecule has 0 bridgehead atoms. The zero-order valence-electron chi connectivity index (χ0n) is 19.7. The lowest BCUT2D eigenvalue weighted by Gasteiger charge is -2.31. The van der Waals surface area contributed by atoms with Crippen LogP contribution in [-0.2, 0) is 14.3 Å². The van der Waals surface area contributed by atoms with Gasteiger partial charge in [-0.1, -0.05) is 35.9 Å². The topological polar surface area (TPSA) is 88.5 Å². The van der Waals surface area contributed by atoms with Gasteiger partial charge in [-0.15, -0.1) is 0 Å². The third-order valence-electron chi connectivity index (χ3n) is 6.35. The van der Waals surface area contributed by atoms with Crippen molar-refractivity contribution in [3.8, 4) is 11.5 Å². The second-order valence-corrected chi connectivity index (χ2v) is 8.43. The molecule has 4 rings (SSSR count). The van der Waals surface area contributed by atoms with E-state index in [-0.39, 0.29) is 11.3 Å². The second-order valence-electron chi connectivity index (χ2n) is 8.43. The van der Waals surface area contributed by atoms with Crippen LogP contribution in [-0.4, -0.2) is 80.2 Å². The van der Waals surface area contributed by atoms with Gasteiger partial charge in [0.1, 0.15) is 5.76 Å². The summed E-state index contributed by atoms with van der Waals surface area (Å²) < 4.78 is 16.2. The van der Waals surface area contributed by atoms with Crippen LogP contribution in [0.25, 0.3) is 5.76 Å². The van der Waals surface area contributed by atoms with Gasteiger partial charge in [0, 0.05) is 31.7 Å². The zero-order valence-corrected chi connectivity index (χ0v) is 19.7. The van der Waals surface area contributed by atoms with Crippen LogP contribution in [0.2, 0.25) is 0 Å². The number of carbonyl (C=O) groups excluding carboxylic acids is 2. The first kappa shape index (κ1) is 23.8. The van der Waals surface area contributed by atoms with Crippen molar-refractivity contribution >= 4 is 17.4 Å². The Morgan fingerprint density at radius 1 is 1.00 bits per heavy atom. The number of likely N-dealkylation sites (tertiary alicyclic amines) is 1. The number of nitrogens with zero attached hydrogens (tertiary/aromatic N) is 2. The molecule has 2 saturated heterocycles. The smallest absolute Gasteiger partial charge is 0.295 e. The molecule has 0 spiro atoms. The number of aliphatic hydroxyl groups excluding tert-OH is 1. The van der Waals surface area contributed by atoms with Crippen molar-refractivity contribution in [1.82, 2.24) is 9.80 Å². The van der Waals surface area contributed by atoms with Crippen LogP contribution in [0.5, 0.6) is 11.5 Å². The van der Waals surface area contributed by atoms with Gasteiger partial charge >= 0.3 is 0 Å². The monoisotopic (exact) mass is 466 g/mol. The van der Waals surface area contributed by atoms with E-state index in [9.17, 15) is 14.7 Å². The van der Waals surface area contributed by atoms with Crippen LogP contribution >= 0.6 is 0 Å². The van der Waals surface area contributed by atoms with Gasteiger partial charge in [-0.3, -0.25) is 14.5 Å². The molecule has 0 radical (unpaired) electrons. The summed E-state index contributed by atoms with van der Waals surface area (Å²) in [7, 11) is 3.08. The molecule has 0 aromatic heterocycles. The van der Waals surface area contributed by atoms with Crippen LogP contribution in [0.15, 0.2) is 48.0 Å². The van der Waals surface area contributed by atoms with Crippen molar-refractivity contribution in [3.05, 3.63) is 64.7 Å². The summed E-state index contributed by atoms with van der Waals surface area (Å²) >= 11 is 0. The van der Waals surface area contributed by atoms with Gasteiger partial charge in [0.05, 0.1) is 39.0 Å². The lowest BCUT2D eigenvalue weighted by atomic mass is 9.94. The predicted molar refractivity (Wildman–Crippen MR) is 127 cm³/mol. The summed E-state index contributed by atoms with van der Waals surface area (Å²) in [5.74, 6) is -0.488. The van der Waals surface area contributed by atoms with Gasteiger partial charge < -0.3 is 24.2 Å². The molecule has 2 aromatic rings. The van der Waals surface area contributed by atoms with Crippen LogP contribution < -0.4 is 9.47 Å². The second kappa shape index (κ2) is 10.3. The van der Waals surface area contributed by atoms with Crippen molar-refractivity contribution < 1.29 is 28.9 Å². The van der Waals surface area contributed by atoms with Crippen LogP contribution in [0.1, 0.15) is 22.7 Å². The molecule has 1 atom stereocenters. The molecule has 180 valence electrons. The normalized spacial score (nSPS) is 20.6. The van der Waals surface area contributed by atoms with Gasteiger partial charge in [-0.25, -0.2) is 0 Å². The highest BCUT2D eigenvalue weighted by atomic mass is 16.5. The minimum Gasteiger partial charge on any atom is -0.507 e. The molecule has 1 N–H and O–H groups in total. The van der Waals surface area contributed by atoms with E-state index in [0.29, 0.717) is 48.9 Å². The quantitative estimate of drug-likeness (QED) is 0.381. The maximum absolute atomic E-state index is 13.2. The number of aliphatic hydroxyl groups is 1. The predicted octanol–water partition coefficient (Wildman–Crippen LogP) is 2.77. The highest BCUT2D eigenvalue weighted by molar-refractivity contribution is 6.46. The fraction of sp³-hybridized carbons (Fsp3) is 0.385. The maximum atomic E-state index is 13.2. The van der Waals surface area contributed by atoms with Gasteiger partial charge in [0.2, 0.25) is 0 Å². The van der Waals surface area contributed by atoms with Crippen LogP contribution in [0.4, 0.5) is 0 Å². The number of aryl methyl sites for hydroxylation is 1. The summed E-state index contributed by atoms with van der Waals surface area (Å²) in [6, 6.07) is 11.7. The molecule has 1 amide bonds. The molecule has 34 heavy (non-hydrogen) atoms. The SMILES string of the molecule is COc1ccc(C2/C(=C(\O)c3ccc(C)cc3)C(=O)C(=O)N2CCN2CCOCC2)cc1OC. The third-order valence-corrected chi connectivity index (χ3v) is 6.35. The summed E-state index contributed by atoms with van der Waals surface area (Å²) in [6.45, 7) is 5.72. The van der Waals surface area contributed by atoms with Crippen molar-refractivity contribution in [2.75, 3.05) is 53.6 Å². The lowest BCUT2D eigenvalue weighted by molar-refractivity contribution is -0.140. The van der Waals surface area contributed by atoms with Gasteiger partial charge in [0.15, 0.2) is 11.5 Å². The molecule has 2 aliphatic heterocycles. The van der Waals surface area contributed by atoms with Gasteiger partial charge in [0.25, 0.3) is 11.7 Å². The van der Waals surface area contributed by atoms with Crippen LogP contribution in [0.3, 0.4) is 0 Å². The van der Waals surface area contributed by atoms with Crippen molar-refractivity contribution in [3.63, 3.8) is 0 Å². The minimum atomic E-state index is -0.748. The highest BCUT2D eigenvalue weighted by Gasteiger charge is 2.46. The molecular weight excluding hydrogens is 436 g/mol. The molecule has 2 heterocycles. The van der Waals surface area contributed by atoms with E-state index in [1.807, 2.05) is 19.1 Å². The maximum Gasteiger partial charge on any atom is 0.295 e. The number of Topliss-reactive ketones (excluding diaryl/α,β-unsaturated/α-hetero) is 1. The Morgan fingerprint density at radius 3 is 2.32 bits per heavy atom. The molecule has 2 fully saturated rings. The molecule has 0 saturated carbocycles. The molecule has 2 aliphatic rings. The molecule has 2 aromatic carbocycles.